The SMILES string of the molecule is NCCCCOC(=O)NCCCOc1ccc(Cl)cc1NC(=O)Nc1ccccn1. The van der Waals surface area contributed by atoms with E-state index >= 15 is 0 Å². The minimum atomic E-state index is -0.472. The van der Waals surface area contributed by atoms with Crippen molar-refractivity contribution in [1.29, 1.82) is 0 Å². The number of carbonyl (C=O) groups is 2. The highest BCUT2D eigenvalue weighted by Gasteiger charge is 2.10. The third kappa shape index (κ3) is 8.97. The van der Waals surface area contributed by atoms with E-state index in [-0.39, 0.29) is 0 Å². The number of anilines is 2. The molecule has 0 spiro atoms. The molecule has 1 aromatic carbocycles. The lowest BCUT2D eigenvalue weighted by Gasteiger charge is -2.13. The van der Waals surface area contributed by atoms with E-state index < -0.39 is 12.1 Å². The zero-order chi connectivity index (χ0) is 21.6. The molecule has 0 bridgehead atoms. The number of benzene rings is 1. The fraction of sp³-hybridized carbons (Fsp3) is 0.350. The Morgan fingerprint density at radius 2 is 1.93 bits per heavy atom. The number of aromatic nitrogens is 1. The highest BCUT2D eigenvalue weighted by atomic mass is 35.5. The number of nitrogens with one attached hydrogen (secondary N) is 3. The van der Waals surface area contributed by atoms with Crippen LogP contribution in [0.1, 0.15) is 19.3 Å². The molecule has 0 atom stereocenters. The van der Waals surface area contributed by atoms with Crippen molar-refractivity contribution in [2.75, 3.05) is 36.9 Å². The number of unbranched alkanes of at least 4 members (excludes halogenated alkanes) is 1. The molecule has 1 heterocycles. The molecule has 0 unspecified atom stereocenters. The van der Waals surface area contributed by atoms with Crippen LogP contribution in [-0.2, 0) is 4.74 Å². The number of pyridine rings is 1. The predicted octanol–water partition coefficient (Wildman–Crippen LogP) is 3.61. The van der Waals surface area contributed by atoms with Gasteiger partial charge in [0.25, 0.3) is 0 Å². The van der Waals surface area contributed by atoms with Crippen molar-refractivity contribution in [1.82, 2.24) is 10.3 Å². The van der Waals surface area contributed by atoms with Crippen molar-refractivity contribution in [2.24, 2.45) is 5.73 Å². The van der Waals surface area contributed by atoms with Crippen LogP contribution in [0.3, 0.4) is 0 Å². The Hall–Kier alpha value is -3.04. The molecule has 0 aliphatic heterocycles. The van der Waals surface area contributed by atoms with Gasteiger partial charge in [0.2, 0.25) is 0 Å². The normalized spacial score (nSPS) is 10.2. The van der Waals surface area contributed by atoms with Gasteiger partial charge in [-0.25, -0.2) is 14.6 Å². The molecule has 1 aromatic heterocycles. The number of halogens is 1. The molecule has 2 aromatic rings. The molecule has 0 saturated carbocycles. The van der Waals surface area contributed by atoms with Crippen molar-refractivity contribution in [2.45, 2.75) is 19.3 Å². The molecule has 0 fully saturated rings. The number of nitrogens with zero attached hydrogens (tertiary/aromatic N) is 1. The van der Waals surface area contributed by atoms with Crippen LogP contribution in [0.15, 0.2) is 42.6 Å². The maximum Gasteiger partial charge on any atom is 0.407 e. The second-order valence-electron chi connectivity index (χ2n) is 6.20. The van der Waals surface area contributed by atoms with Gasteiger partial charge in [-0.3, -0.25) is 5.32 Å². The summed E-state index contributed by atoms with van der Waals surface area (Å²) in [6.45, 7) is 1.65. The first-order valence-corrected chi connectivity index (χ1v) is 9.98. The number of ether oxygens (including phenoxy) is 2. The van der Waals surface area contributed by atoms with Crippen LogP contribution in [0, 0.1) is 0 Å². The smallest absolute Gasteiger partial charge is 0.407 e. The summed E-state index contributed by atoms with van der Waals surface area (Å²) in [5.74, 6) is 0.875. The molecule has 5 N–H and O–H groups in total. The van der Waals surface area contributed by atoms with Crippen LogP contribution in [0.4, 0.5) is 21.1 Å². The second kappa shape index (κ2) is 13.2. The van der Waals surface area contributed by atoms with Crippen LogP contribution in [-0.4, -0.2) is 43.4 Å². The Kier molecular flexibility index (Phi) is 10.3. The number of alkyl carbamates (subject to hydrolysis) is 1. The van der Waals surface area contributed by atoms with Crippen molar-refractivity contribution in [3.63, 3.8) is 0 Å². The lowest BCUT2D eigenvalue weighted by Crippen LogP contribution is -2.26. The van der Waals surface area contributed by atoms with Gasteiger partial charge in [-0.1, -0.05) is 17.7 Å². The molecule has 30 heavy (non-hydrogen) atoms. The molecule has 0 saturated heterocycles. The number of amides is 3. The van der Waals surface area contributed by atoms with E-state index in [0.717, 1.165) is 12.8 Å². The van der Waals surface area contributed by atoms with Crippen LogP contribution in [0.2, 0.25) is 5.02 Å². The number of carbonyl (C=O) groups excluding carboxylic acids is 2. The first kappa shape index (κ1) is 23.2. The van der Waals surface area contributed by atoms with Gasteiger partial charge >= 0.3 is 12.1 Å². The van der Waals surface area contributed by atoms with Crippen molar-refractivity contribution in [3.8, 4) is 5.75 Å². The Balaban J connectivity index is 1.75. The molecule has 162 valence electrons. The standard InChI is InChI=1S/C20H26ClN5O4/c21-15-7-8-17(29-13-5-11-24-20(28)30-12-4-2-9-22)16(14-15)25-19(27)26-18-6-1-3-10-23-18/h1,3,6-8,10,14H,2,4-5,9,11-13,22H2,(H,24,28)(H2,23,25,26,27). The maximum atomic E-state index is 12.2. The third-order valence-corrected chi connectivity index (χ3v) is 4.01. The van der Waals surface area contributed by atoms with Gasteiger partial charge in [0.05, 0.1) is 18.9 Å². The maximum absolute atomic E-state index is 12.2. The van der Waals surface area contributed by atoms with Gasteiger partial charge in [-0.05, 0) is 56.1 Å². The number of hydrogen-bond donors (Lipinski definition) is 4. The highest BCUT2D eigenvalue weighted by Crippen LogP contribution is 2.28. The summed E-state index contributed by atoms with van der Waals surface area (Å²) in [6.07, 6.45) is 3.23. The highest BCUT2D eigenvalue weighted by molar-refractivity contribution is 6.31. The predicted molar refractivity (Wildman–Crippen MR) is 116 cm³/mol. The molecule has 9 nitrogen and oxygen atoms in total. The minimum absolute atomic E-state index is 0.325. The van der Waals surface area contributed by atoms with Crippen LogP contribution in [0.5, 0.6) is 5.75 Å². The first-order valence-electron chi connectivity index (χ1n) is 9.60. The topological polar surface area (TPSA) is 128 Å². The monoisotopic (exact) mass is 435 g/mol. The van der Waals surface area contributed by atoms with E-state index in [0.29, 0.717) is 55.0 Å². The minimum Gasteiger partial charge on any atom is -0.491 e. The van der Waals surface area contributed by atoms with E-state index in [4.69, 9.17) is 26.8 Å². The van der Waals surface area contributed by atoms with Gasteiger partial charge in [0, 0.05) is 17.8 Å². The van der Waals surface area contributed by atoms with E-state index in [1.54, 1.807) is 42.6 Å². The zero-order valence-electron chi connectivity index (χ0n) is 16.5. The summed E-state index contributed by atoms with van der Waals surface area (Å²) in [6, 6.07) is 9.63. The van der Waals surface area contributed by atoms with Crippen LogP contribution in [0.25, 0.3) is 0 Å². The number of hydrogen-bond acceptors (Lipinski definition) is 6. The largest absolute Gasteiger partial charge is 0.491 e. The number of nitrogens with two attached hydrogens (primary N) is 1. The van der Waals surface area contributed by atoms with E-state index in [9.17, 15) is 9.59 Å². The fourth-order valence-corrected chi connectivity index (χ4v) is 2.51. The molecule has 2 rings (SSSR count). The van der Waals surface area contributed by atoms with E-state index in [1.807, 2.05) is 0 Å². The summed E-state index contributed by atoms with van der Waals surface area (Å²) in [5, 5.41) is 8.42. The van der Waals surface area contributed by atoms with E-state index in [1.165, 1.54) is 0 Å². The Morgan fingerprint density at radius 1 is 1.07 bits per heavy atom. The average Bonchev–Trinajstić information content (AvgIpc) is 2.73. The van der Waals surface area contributed by atoms with Gasteiger partial charge in [0.15, 0.2) is 0 Å². The summed E-state index contributed by atoms with van der Waals surface area (Å²) in [7, 11) is 0. The van der Waals surface area contributed by atoms with Crippen LogP contribution < -0.4 is 26.4 Å². The molecular formula is C20H26ClN5O4. The first-order chi connectivity index (χ1) is 14.6. The van der Waals surface area contributed by atoms with Gasteiger partial charge in [-0.2, -0.15) is 0 Å². The lowest BCUT2D eigenvalue weighted by molar-refractivity contribution is 0.143. The summed E-state index contributed by atoms with van der Waals surface area (Å²) >= 11 is 6.03. The van der Waals surface area contributed by atoms with Gasteiger partial charge in [-0.15, -0.1) is 0 Å². The lowest BCUT2D eigenvalue weighted by atomic mass is 10.3. The van der Waals surface area contributed by atoms with Crippen molar-refractivity contribution in [3.05, 3.63) is 47.6 Å². The summed E-state index contributed by atoms with van der Waals surface area (Å²) in [5.41, 5.74) is 5.80. The Labute approximate surface area is 180 Å². The summed E-state index contributed by atoms with van der Waals surface area (Å²) < 4.78 is 10.7. The molecule has 10 heteroatoms. The van der Waals surface area contributed by atoms with Crippen LogP contribution >= 0.6 is 11.6 Å². The molecule has 0 aliphatic rings. The molecular weight excluding hydrogens is 410 g/mol. The second-order valence-corrected chi connectivity index (χ2v) is 6.63. The molecule has 0 radical (unpaired) electrons. The fourth-order valence-electron chi connectivity index (χ4n) is 2.34. The number of urea groups is 1. The van der Waals surface area contributed by atoms with E-state index in [2.05, 4.69) is 20.9 Å². The van der Waals surface area contributed by atoms with Gasteiger partial charge in [0.1, 0.15) is 11.6 Å². The zero-order valence-corrected chi connectivity index (χ0v) is 17.3. The number of rotatable bonds is 11. The Morgan fingerprint density at radius 3 is 2.70 bits per heavy atom. The molecule has 0 aliphatic carbocycles. The third-order valence-electron chi connectivity index (χ3n) is 3.78. The average molecular weight is 436 g/mol. The quantitative estimate of drug-likeness (QED) is 0.399. The summed E-state index contributed by atoms with van der Waals surface area (Å²) in [4.78, 5) is 27.8. The van der Waals surface area contributed by atoms with Crippen molar-refractivity contribution >= 4 is 35.2 Å². The molecule has 3 amide bonds. The van der Waals surface area contributed by atoms with Gasteiger partial charge < -0.3 is 25.8 Å². The Bertz CT molecular complexity index is 807. The van der Waals surface area contributed by atoms with Crippen molar-refractivity contribution < 1.29 is 19.1 Å².